The molecule has 0 saturated heterocycles. The van der Waals surface area contributed by atoms with Crippen LogP contribution in [0.15, 0.2) is 0 Å². The summed E-state index contributed by atoms with van der Waals surface area (Å²) < 4.78 is 4.88. The molecular formula is C11H22N2O2. The number of methoxy groups -OCH3 is 1. The number of hydrogen-bond acceptors (Lipinski definition) is 3. The summed E-state index contributed by atoms with van der Waals surface area (Å²) in [6.45, 7) is 2.71. The Balaban J connectivity index is 2.13. The lowest BCUT2D eigenvalue weighted by Gasteiger charge is -2.11. The van der Waals surface area contributed by atoms with E-state index in [0.29, 0.717) is 25.0 Å². The second-order valence-electron chi connectivity index (χ2n) is 4.29. The molecule has 4 nitrogen and oxygen atoms in total. The summed E-state index contributed by atoms with van der Waals surface area (Å²) in [5.41, 5.74) is 5.71. The molecule has 1 aliphatic carbocycles. The van der Waals surface area contributed by atoms with Crippen LogP contribution in [0.4, 0.5) is 0 Å². The van der Waals surface area contributed by atoms with Crippen LogP contribution in [0.2, 0.25) is 0 Å². The molecule has 0 heterocycles. The molecule has 0 bridgehead atoms. The molecule has 1 rings (SSSR count). The normalized spacial score (nSPS) is 26.1. The number of nitrogens with one attached hydrogen (secondary N) is 1. The monoisotopic (exact) mass is 214 g/mol. The first-order valence-corrected chi connectivity index (χ1v) is 5.74. The zero-order valence-electron chi connectivity index (χ0n) is 9.66. The minimum Gasteiger partial charge on any atom is -0.385 e. The van der Waals surface area contributed by atoms with E-state index in [1.165, 1.54) is 12.8 Å². The van der Waals surface area contributed by atoms with E-state index in [1.807, 2.05) is 0 Å². The van der Waals surface area contributed by atoms with E-state index in [0.717, 1.165) is 6.42 Å². The van der Waals surface area contributed by atoms with Crippen molar-refractivity contribution in [3.63, 3.8) is 0 Å². The predicted molar refractivity (Wildman–Crippen MR) is 59.4 cm³/mol. The molecule has 0 aliphatic heterocycles. The summed E-state index contributed by atoms with van der Waals surface area (Å²) in [6, 6.07) is -0.0427. The molecule has 1 saturated carbocycles. The van der Waals surface area contributed by atoms with Crippen LogP contribution in [0.1, 0.15) is 32.6 Å². The van der Waals surface area contributed by atoms with E-state index >= 15 is 0 Å². The van der Waals surface area contributed by atoms with Crippen molar-refractivity contribution in [3.8, 4) is 0 Å². The Morgan fingerprint density at radius 3 is 3.00 bits per heavy atom. The van der Waals surface area contributed by atoms with Crippen molar-refractivity contribution in [1.82, 2.24) is 5.32 Å². The smallest absolute Gasteiger partial charge is 0.237 e. The molecule has 0 radical (unpaired) electrons. The van der Waals surface area contributed by atoms with Crippen molar-refractivity contribution in [2.75, 3.05) is 13.7 Å². The predicted octanol–water partition coefficient (Wildman–Crippen LogP) is 0.655. The van der Waals surface area contributed by atoms with Gasteiger partial charge in [0.1, 0.15) is 0 Å². The number of carbonyl (C=O) groups excluding carboxylic acids is 1. The second-order valence-corrected chi connectivity index (χ2v) is 4.29. The first-order chi connectivity index (χ1) is 7.19. The Labute approximate surface area is 91.5 Å². The SMILES string of the molecule is CCCC1CC1NC(=O)C(N)CCOC. The molecule has 3 atom stereocenters. The Morgan fingerprint density at radius 1 is 1.67 bits per heavy atom. The fourth-order valence-electron chi connectivity index (χ4n) is 1.78. The quantitative estimate of drug-likeness (QED) is 0.654. The Hall–Kier alpha value is -0.610. The van der Waals surface area contributed by atoms with Crippen LogP contribution >= 0.6 is 0 Å². The average Bonchev–Trinajstić information content (AvgIpc) is 2.93. The van der Waals surface area contributed by atoms with Crippen molar-refractivity contribution in [2.45, 2.75) is 44.7 Å². The molecule has 3 unspecified atom stereocenters. The van der Waals surface area contributed by atoms with Crippen LogP contribution < -0.4 is 11.1 Å². The molecule has 4 heteroatoms. The van der Waals surface area contributed by atoms with Gasteiger partial charge in [-0.2, -0.15) is 0 Å². The molecule has 0 spiro atoms. The van der Waals surface area contributed by atoms with Crippen LogP contribution in [0.25, 0.3) is 0 Å². The minimum absolute atomic E-state index is 0.0318. The summed E-state index contributed by atoms with van der Waals surface area (Å²) in [5.74, 6) is 0.657. The second kappa shape index (κ2) is 6.08. The lowest BCUT2D eigenvalue weighted by Crippen LogP contribution is -2.42. The molecule has 88 valence electrons. The van der Waals surface area contributed by atoms with Crippen LogP contribution in [0.3, 0.4) is 0 Å². The molecule has 3 N–H and O–H groups in total. The number of rotatable bonds is 7. The van der Waals surface area contributed by atoms with Gasteiger partial charge in [-0.3, -0.25) is 4.79 Å². The number of hydrogen-bond donors (Lipinski definition) is 2. The Bertz CT molecular complexity index is 209. The molecule has 1 amide bonds. The molecule has 15 heavy (non-hydrogen) atoms. The van der Waals surface area contributed by atoms with Gasteiger partial charge in [0, 0.05) is 19.8 Å². The van der Waals surface area contributed by atoms with E-state index in [2.05, 4.69) is 12.2 Å². The topological polar surface area (TPSA) is 64.4 Å². The van der Waals surface area contributed by atoms with E-state index in [-0.39, 0.29) is 5.91 Å². The van der Waals surface area contributed by atoms with Gasteiger partial charge in [-0.05, 0) is 25.2 Å². The van der Waals surface area contributed by atoms with Gasteiger partial charge in [0.25, 0.3) is 0 Å². The van der Waals surface area contributed by atoms with Crippen LogP contribution in [-0.4, -0.2) is 31.7 Å². The zero-order valence-corrected chi connectivity index (χ0v) is 9.66. The number of carbonyl (C=O) groups is 1. The third-order valence-electron chi connectivity index (χ3n) is 2.88. The van der Waals surface area contributed by atoms with Crippen molar-refractivity contribution in [3.05, 3.63) is 0 Å². The molecule has 0 aromatic heterocycles. The summed E-state index contributed by atoms with van der Waals surface area (Å²) in [6.07, 6.45) is 4.11. The van der Waals surface area contributed by atoms with E-state index < -0.39 is 6.04 Å². The molecule has 1 fully saturated rings. The fourth-order valence-corrected chi connectivity index (χ4v) is 1.78. The highest BCUT2D eigenvalue weighted by Gasteiger charge is 2.37. The van der Waals surface area contributed by atoms with Gasteiger partial charge >= 0.3 is 0 Å². The van der Waals surface area contributed by atoms with Crippen molar-refractivity contribution < 1.29 is 9.53 Å². The van der Waals surface area contributed by atoms with Crippen molar-refractivity contribution >= 4 is 5.91 Å². The number of ether oxygens (including phenoxy) is 1. The van der Waals surface area contributed by atoms with E-state index in [4.69, 9.17) is 10.5 Å². The maximum atomic E-state index is 11.6. The lowest BCUT2D eigenvalue weighted by atomic mass is 10.2. The standard InChI is InChI=1S/C11H22N2O2/c1-3-4-8-7-10(8)13-11(14)9(12)5-6-15-2/h8-10H,3-7,12H2,1-2H3,(H,13,14). The summed E-state index contributed by atoms with van der Waals surface area (Å²) in [5, 5.41) is 2.98. The Morgan fingerprint density at radius 2 is 2.40 bits per heavy atom. The largest absolute Gasteiger partial charge is 0.385 e. The first kappa shape index (κ1) is 12.5. The van der Waals surface area contributed by atoms with E-state index in [1.54, 1.807) is 7.11 Å². The molecule has 0 aromatic rings. The van der Waals surface area contributed by atoms with Crippen LogP contribution in [-0.2, 0) is 9.53 Å². The number of amides is 1. The lowest BCUT2D eigenvalue weighted by molar-refractivity contribution is -0.122. The maximum Gasteiger partial charge on any atom is 0.237 e. The van der Waals surface area contributed by atoms with Crippen molar-refractivity contribution in [2.24, 2.45) is 11.7 Å². The average molecular weight is 214 g/mol. The highest BCUT2D eigenvalue weighted by atomic mass is 16.5. The van der Waals surface area contributed by atoms with Gasteiger partial charge < -0.3 is 15.8 Å². The van der Waals surface area contributed by atoms with Crippen LogP contribution in [0.5, 0.6) is 0 Å². The van der Waals surface area contributed by atoms with Gasteiger partial charge in [-0.25, -0.2) is 0 Å². The molecule has 0 aromatic carbocycles. The minimum atomic E-state index is -0.423. The van der Waals surface area contributed by atoms with Crippen molar-refractivity contribution in [1.29, 1.82) is 0 Å². The van der Waals surface area contributed by atoms with Gasteiger partial charge in [-0.1, -0.05) is 13.3 Å². The van der Waals surface area contributed by atoms with Gasteiger partial charge in [-0.15, -0.1) is 0 Å². The first-order valence-electron chi connectivity index (χ1n) is 5.74. The molecule has 1 aliphatic rings. The zero-order chi connectivity index (χ0) is 11.3. The van der Waals surface area contributed by atoms with Crippen LogP contribution in [0, 0.1) is 5.92 Å². The highest BCUT2D eigenvalue weighted by molar-refractivity contribution is 5.82. The van der Waals surface area contributed by atoms with Gasteiger partial charge in [0.15, 0.2) is 0 Å². The summed E-state index contributed by atoms with van der Waals surface area (Å²) >= 11 is 0. The Kier molecular flexibility index (Phi) is 5.05. The molecular weight excluding hydrogens is 192 g/mol. The van der Waals surface area contributed by atoms with Gasteiger partial charge in [0.05, 0.1) is 6.04 Å². The third-order valence-corrected chi connectivity index (χ3v) is 2.88. The van der Waals surface area contributed by atoms with Gasteiger partial charge in [0.2, 0.25) is 5.91 Å². The fraction of sp³-hybridized carbons (Fsp3) is 0.909. The highest BCUT2D eigenvalue weighted by Crippen LogP contribution is 2.34. The third kappa shape index (κ3) is 4.18. The van der Waals surface area contributed by atoms with E-state index in [9.17, 15) is 4.79 Å². The number of nitrogens with two attached hydrogens (primary N) is 1. The maximum absolute atomic E-state index is 11.6. The summed E-state index contributed by atoms with van der Waals surface area (Å²) in [4.78, 5) is 11.6. The summed E-state index contributed by atoms with van der Waals surface area (Å²) in [7, 11) is 1.61.